The highest BCUT2D eigenvalue weighted by molar-refractivity contribution is 6.06. The molecule has 2 aliphatic rings. The molecule has 126 valence electrons. The highest BCUT2D eigenvalue weighted by atomic mass is 16.2. The second-order valence-corrected chi connectivity index (χ2v) is 7.29. The van der Waals surface area contributed by atoms with Gasteiger partial charge in [-0.3, -0.25) is 9.78 Å². The van der Waals surface area contributed by atoms with Crippen molar-refractivity contribution in [3.63, 3.8) is 0 Å². The molecule has 1 aliphatic heterocycles. The SMILES string of the molecule is Cc1ccc2nc(C3CC3)cc(C(=O)N(C)C3CCNCC3)c2c1. The van der Waals surface area contributed by atoms with Gasteiger partial charge in [0.25, 0.3) is 5.91 Å². The number of carbonyl (C=O) groups excluding carboxylic acids is 1. The first-order valence-corrected chi connectivity index (χ1v) is 9.02. The summed E-state index contributed by atoms with van der Waals surface area (Å²) in [6.07, 6.45) is 4.45. The minimum absolute atomic E-state index is 0.141. The molecular formula is C20H25N3O. The maximum absolute atomic E-state index is 13.2. The molecule has 2 heterocycles. The van der Waals surface area contributed by atoms with Gasteiger partial charge in [-0.25, -0.2) is 0 Å². The van der Waals surface area contributed by atoms with E-state index < -0.39 is 0 Å². The van der Waals surface area contributed by atoms with E-state index in [1.54, 1.807) is 0 Å². The van der Waals surface area contributed by atoms with Crippen molar-refractivity contribution in [1.82, 2.24) is 15.2 Å². The van der Waals surface area contributed by atoms with E-state index >= 15 is 0 Å². The summed E-state index contributed by atoms with van der Waals surface area (Å²) in [4.78, 5) is 20.0. The van der Waals surface area contributed by atoms with Gasteiger partial charge in [0.2, 0.25) is 0 Å². The summed E-state index contributed by atoms with van der Waals surface area (Å²) in [5.74, 6) is 0.688. The van der Waals surface area contributed by atoms with Crippen LogP contribution in [0.5, 0.6) is 0 Å². The van der Waals surface area contributed by atoms with E-state index in [2.05, 4.69) is 36.5 Å². The average Bonchev–Trinajstić information content (AvgIpc) is 3.45. The second-order valence-electron chi connectivity index (χ2n) is 7.29. The van der Waals surface area contributed by atoms with Crippen LogP contribution in [-0.4, -0.2) is 42.0 Å². The first-order chi connectivity index (χ1) is 11.6. The van der Waals surface area contributed by atoms with Crippen LogP contribution in [0.4, 0.5) is 0 Å². The van der Waals surface area contributed by atoms with E-state index in [0.29, 0.717) is 12.0 Å². The third kappa shape index (κ3) is 2.91. The van der Waals surface area contributed by atoms with Gasteiger partial charge in [-0.15, -0.1) is 0 Å². The van der Waals surface area contributed by atoms with Crippen molar-refractivity contribution >= 4 is 16.8 Å². The number of carbonyl (C=O) groups is 1. The minimum atomic E-state index is 0.141. The number of aromatic nitrogens is 1. The van der Waals surface area contributed by atoms with Gasteiger partial charge in [0, 0.05) is 30.1 Å². The zero-order valence-corrected chi connectivity index (χ0v) is 14.5. The van der Waals surface area contributed by atoms with E-state index in [0.717, 1.165) is 48.1 Å². The lowest BCUT2D eigenvalue weighted by Gasteiger charge is -2.32. The van der Waals surface area contributed by atoms with Crippen LogP contribution < -0.4 is 5.32 Å². The molecule has 4 nitrogen and oxygen atoms in total. The number of aryl methyl sites for hydroxylation is 1. The number of amides is 1. The predicted octanol–water partition coefficient (Wildman–Crippen LogP) is 3.24. The van der Waals surface area contributed by atoms with Crippen LogP contribution in [0.3, 0.4) is 0 Å². The van der Waals surface area contributed by atoms with Crippen molar-refractivity contribution < 1.29 is 4.79 Å². The summed E-state index contributed by atoms with van der Waals surface area (Å²) in [7, 11) is 1.96. The topological polar surface area (TPSA) is 45.2 Å². The number of rotatable bonds is 3. The molecule has 1 amide bonds. The zero-order chi connectivity index (χ0) is 16.7. The second kappa shape index (κ2) is 6.17. The van der Waals surface area contributed by atoms with Gasteiger partial charge in [0.05, 0.1) is 11.1 Å². The number of hydrogen-bond donors (Lipinski definition) is 1. The van der Waals surface area contributed by atoms with Crippen LogP contribution in [-0.2, 0) is 0 Å². The van der Waals surface area contributed by atoms with Crippen molar-refractivity contribution in [1.29, 1.82) is 0 Å². The van der Waals surface area contributed by atoms with E-state index in [1.165, 1.54) is 18.4 Å². The standard InChI is InChI=1S/C20H25N3O/c1-13-3-6-18-16(11-13)17(12-19(22-18)14-4-5-14)20(24)23(2)15-7-9-21-10-8-15/h3,6,11-12,14-15,21H,4-5,7-10H2,1-2H3. The molecule has 2 fully saturated rings. The maximum atomic E-state index is 13.2. The van der Waals surface area contributed by atoms with Gasteiger partial charge in [-0.2, -0.15) is 0 Å². The third-order valence-electron chi connectivity index (χ3n) is 5.39. The van der Waals surface area contributed by atoms with Crippen LogP contribution >= 0.6 is 0 Å². The Labute approximate surface area is 143 Å². The molecule has 0 bridgehead atoms. The molecule has 0 radical (unpaired) electrons. The molecule has 24 heavy (non-hydrogen) atoms. The van der Waals surface area contributed by atoms with Crippen LogP contribution in [0, 0.1) is 6.92 Å². The molecule has 0 atom stereocenters. The Morgan fingerprint density at radius 1 is 1.17 bits per heavy atom. The van der Waals surface area contributed by atoms with Crippen LogP contribution in [0.1, 0.15) is 53.2 Å². The van der Waals surface area contributed by atoms with E-state index in [4.69, 9.17) is 4.98 Å². The molecule has 1 aromatic carbocycles. The Kier molecular flexibility index (Phi) is 4.01. The number of piperidine rings is 1. The van der Waals surface area contributed by atoms with Crippen molar-refractivity contribution in [2.24, 2.45) is 0 Å². The zero-order valence-electron chi connectivity index (χ0n) is 14.5. The van der Waals surface area contributed by atoms with Gasteiger partial charge >= 0.3 is 0 Å². The molecule has 1 saturated carbocycles. The summed E-state index contributed by atoms with van der Waals surface area (Å²) in [5, 5.41) is 4.36. The number of nitrogens with one attached hydrogen (secondary N) is 1. The Hall–Kier alpha value is -1.94. The summed E-state index contributed by atoms with van der Waals surface area (Å²) in [6.45, 7) is 4.05. The maximum Gasteiger partial charge on any atom is 0.254 e. The summed E-state index contributed by atoms with van der Waals surface area (Å²) >= 11 is 0. The fourth-order valence-electron chi connectivity index (χ4n) is 3.68. The van der Waals surface area contributed by atoms with Gasteiger partial charge in [0.15, 0.2) is 0 Å². The quantitative estimate of drug-likeness (QED) is 0.943. The highest BCUT2D eigenvalue weighted by Gasteiger charge is 2.29. The number of nitrogens with zero attached hydrogens (tertiary/aromatic N) is 2. The summed E-state index contributed by atoms with van der Waals surface area (Å²) < 4.78 is 0. The first-order valence-electron chi connectivity index (χ1n) is 9.02. The largest absolute Gasteiger partial charge is 0.339 e. The Bertz CT molecular complexity index is 776. The lowest BCUT2D eigenvalue weighted by molar-refractivity contribution is 0.0705. The predicted molar refractivity (Wildman–Crippen MR) is 96.4 cm³/mol. The van der Waals surface area contributed by atoms with Crippen molar-refractivity contribution in [3.8, 4) is 0 Å². The number of hydrogen-bond acceptors (Lipinski definition) is 3. The smallest absolute Gasteiger partial charge is 0.254 e. The van der Waals surface area contributed by atoms with E-state index in [1.807, 2.05) is 11.9 Å². The molecule has 1 N–H and O–H groups in total. The Balaban J connectivity index is 1.75. The molecule has 2 aromatic rings. The van der Waals surface area contributed by atoms with Crippen molar-refractivity contribution in [2.75, 3.05) is 20.1 Å². The summed E-state index contributed by atoms with van der Waals surface area (Å²) in [6, 6.07) is 8.62. The lowest BCUT2D eigenvalue weighted by Crippen LogP contribution is -2.44. The van der Waals surface area contributed by atoms with Gasteiger partial charge < -0.3 is 10.2 Å². The Morgan fingerprint density at radius 3 is 2.62 bits per heavy atom. The molecule has 1 aromatic heterocycles. The van der Waals surface area contributed by atoms with Crippen LogP contribution in [0.2, 0.25) is 0 Å². The molecule has 4 heteroatoms. The summed E-state index contributed by atoms with van der Waals surface area (Å²) in [5.41, 5.74) is 4.04. The molecular weight excluding hydrogens is 298 g/mol. The average molecular weight is 323 g/mol. The van der Waals surface area contributed by atoms with E-state index in [-0.39, 0.29) is 5.91 Å². The molecule has 4 rings (SSSR count). The highest BCUT2D eigenvalue weighted by Crippen LogP contribution is 2.40. The van der Waals surface area contributed by atoms with Gasteiger partial charge in [0.1, 0.15) is 0 Å². The van der Waals surface area contributed by atoms with Crippen molar-refractivity contribution in [3.05, 3.63) is 41.1 Å². The van der Waals surface area contributed by atoms with Crippen LogP contribution in [0.15, 0.2) is 24.3 Å². The van der Waals surface area contributed by atoms with Crippen LogP contribution in [0.25, 0.3) is 10.9 Å². The number of pyridine rings is 1. The third-order valence-corrected chi connectivity index (χ3v) is 5.39. The fraction of sp³-hybridized carbons (Fsp3) is 0.500. The minimum Gasteiger partial charge on any atom is -0.339 e. The molecule has 1 aliphatic carbocycles. The molecule has 0 unspecified atom stereocenters. The van der Waals surface area contributed by atoms with Crippen molar-refractivity contribution in [2.45, 2.75) is 44.6 Å². The number of benzene rings is 1. The van der Waals surface area contributed by atoms with E-state index in [9.17, 15) is 4.79 Å². The normalized spacial score (nSPS) is 18.8. The van der Waals surface area contributed by atoms with Gasteiger partial charge in [-0.05, 0) is 63.9 Å². The fourth-order valence-corrected chi connectivity index (χ4v) is 3.68. The molecule has 0 spiro atoms. The lowest BCUT2D eigenvalue weighted by atomic mass is 10.0. The first kappa shape index (κ1) is 15.6. The number of fused-ring (bicyclic) bond motifs is 1. The monoisotopic (exact) mass is 323 g/mol. The van der Waals surface area contributed by atoms with Gasteiger partial charge in [-0.1, -0.05) is 11.6 Å². The Morgan fingerprint density at radius 2 is 1.92 bits per heavy atom. The molecule has 1 saturated heterocycles.